The molecular weight excluding hydrogens is 216 g/mol. The molecule has 0 aromatic heterocycles. The van der Waals surface area contributed by atoms with E-state index in [0.717, 1.165) is 12.8 Å². The van der Waals surface area contributed by atoms with E-state index < -0.39 is 11.4 Å². The molecule has 0 heterocycles. The number of nitrogens with two attached hydrogens (primary N) is 1. The Morgan fingerprint density at radius 1 is 1.41 bits per heavy atom. The number of allylic oxidation sites excluding steroid dienone is 2. The zero-order valence-corrected chi connectivity index (χ0v) is 10.8. The van der Waals surface area contributed by atoms with Crippen LogP contribution in [-0.4, -0.2) is 17.4 Å². The quantitative estimate of drug-likeness (QED) is 0.710. The fourth-order valence-electron chi connectivity index (χ4n) is 2.31. The molecule has 0 spiro atoms. The van der Waals surface area contributed by atoms with Gasteiger partial charge in [0.1, 0.15) is 5.54 Å². The largest absolute Gasteiger partial charge is 0.368 e. The minimum absolute atomic E-state index is 0.0108. The molecule has 96 valence electrons. The van der Waals surface area contributed by atoms with Crippen molar-refractivity contribution < 1.29 is 9.59 Å². The van der Waals surface area contributed by atoms with Crippen molar-refractivity contribution in [1.82, 2.24) is 5.32 Å². The Hall–Kier alpha value is -1.32. The van der Waals surface area contributed by atoms with Gasteiger partial charge in [0, 0.05) is 5.92 Å². The number of amides is 2. The van der Waals surface area contributed by atoms with Gasteiger partial charge in [-0.15, -0.1) is 0 Å². The lowest BCUT2D eigenvalue weighted by Gasteiger charge is -2.35. The molecule has 0 saturated heterocycles. The minimum Gasteiger partial charge on any atom is -0.368 e. The number of hydrogen-bond acceptors (Lipinski definition) is 2. The molecule has 0 aromatic carbocycles. The first-order valence-electron chi connectivity index (χ1n) is 6.21. The molecule has 4 heteroatoms. The molecule has 4 nitrogen and oxygen atoms in total. The molecule has 0 radical (unpaired) electrons. The fraction of sp³-hybridized carbons (Fsp3) is 0.692. The second kappa shape index (κ2) is 5.34. The normalized spacial score (nSPS) is 19.3. The second-order valence-corrected chi connectivity index (χ2v) is 4.97. The number of carbonyl (C=O) groups is 2. The Morgan fingerprint density at radius 3 is 2.29 bits per heavy atom. The highest BCUT2D eigenvalue weighted by Crippen LogP contribution is 2.24. The first-order valence-corrected chi connectivity index (χ1v) is 6.21. The highest BCUT2D eigenvalue weighted by Gasteiger charge is 2.40. The zero-order chi connectivity index (χ0) is 13.1. The van der Waals surface area contributed by atoms with E-state index in [1.165, 1.54) is 0 Å². The molecule has 2 amide bonds. The van der Waals surface area contributed by atoms with Gasteiger partial charge in [0.25, 0.3) is 0 Å². The van der Waals surface area contributed by atoms with Crippen LogP contribution in [0.2, 0.25) is 0 Å². The summed E-state index contributed by atoms with van der Waals surface area (Å²) in [4.78, 5) is 23.7. The molecule has 17 heavy (non-hydrogen) atoms. The Labute approximate surface area is 103 Å². The van der Waals surface area contributed by atoms with Crippen LogP contribution >= 0.6 is 0 Å². The first-order chi connectivity index (χ1) is 7.94. The van der Waals surface area contributed by atoms with E-state index in [0.29, 0.717) is 6.42 Å². The summed E-state index contributed by atoms with van der Waals surface area (Å²) in [6.45, 7) is 5.68. The van der Waals surface area contributed by atoms with E-state index in [1.807, 2.05) is 32.9 Å². The van der Waals surface area contributed by atoms with Crippen molar-refractivity contribution in [3.63, 3.8) is 0 Å². The van der Waals surface area contributed by atoms with E-state index in [2.05, 4.69) is 5.32 Å². The van der Waals surface area contributed by atoms with Gasteiger partial charge in [0.15, 0.2) is 0 Å². The third-order valence-electron chi connectivity index (χ3n) is 3.71. The Balaban J connectivity index is 2.79. The van der Waals surface area contributed by atoms with E-state index in [-0.39, 0.29) is 17.7 Å². The SMILES string of the molecule is CC[C@@](NC(=O)C1CC=CC1)(C(N)=O)C(C)C. The van der Waals surface area contributed by atoms with Crippen LogP contribution in [0.15, 0.2) is 12.2 Å². The Kier molecular flexibility index (Phi) is 4.32. The molecule has 3 N–H and O–H groups in total. The monoisotopic (exact) mass is 238 g/mol. The summed E-state index contributed by atoms with van der Waals surface area (Å²) in [5, 5.41) is 2.87. The molecule has 1 atom stereocenters. The van der Waals surface area contributed by atoms with Gasteiger partial charge in [-0.05, 0) is 25.2 Å². The van der Waals surface area contributed by atoms with Crippen LogP contribution in [0, 0.1) is 11.8 Å². The predicted octanol–water partition coefficient (Wildman–Crippen LogP) is 1.36. The van der Waals surface area contributed by atoms with E-state index >= 15 is 0 Å². The van der Waals surface area contributed by atoms with Crippen molar-refractivity contribution in [3.05, 3.63) is 12.2 Å². The Bertz CT molecular complexity index is 328. The van der Waals surface area contributed by atoms with Crippen molar-refractivity contribution in [3.8, 4) is 0 Å². The average Bonchev–Trinajstić information content (AvgIpc) is 2.77. The van der Waals surface area contributed by atoms with E-state index in [4.69, 9.17) is 5.73 Å². The van der Waals surface area contributed by atoms with Gasteiger partial charge in [0.2, 0.25) is 11.8 Å². The van der Waals surface area contributed by atoms with Gasteiger partial charge in [-0.25, -0.2) is 0 Å². The molecule has 0 aromatic rings. The zero-order valence-electron chi connectivity index (χ0n) is 10.8. The third-order valence-corrected chi connectivity index (χ3v) is 3.71. The van der Waals surface area contributed by atoms with Crippen LogP contribution in [0.25, 0.3) is 0 Å². The maximum Gasteiger partial charge on any atom is 0.243 e. The highest BCUT2D eigenvalue weighted by molar-refractivity contribution is 5.91. The number of nitrogens with one attached hydrogen (secondary N) is 1. The molecular formula is C13H22N2O2. The molecule has 0 bridgehead atoms. The lowest BCUT2D eigenvalue weighted by atomic mass is 9.82. The van der Waals surface area contributed by atoms with Crippen LogP contribution in [0.5, 0.6) is 0 Å². The fourth-order valence-corrected chi connectivity index (χ4v) is 2.31. The number of rotatable bonds is 5. The molecule has 1 aliphatic carbocycles. The van der Waals surface area contributed by atoms with E-state index in [9.17, 15) is 9.59 Å². The van der Waals surface area contributed by atoms with Crippen molar-refractivity contribution in [2.24, 2.45) is 17.6 Å². The summed E-state index contributed by atoms with van der Waals surface area (Å²) in [7, 11) is 0. The van der Waals surface area contributed by atoms with Crippen LogP contribution in [-0.2, 0) is 9.59 Å². The van der Waals surface area contributed by atoms with Gasteiger partial charge in [-0.2, -0.15) is 0 Å². The van der Waals surface area contributed by atoms with Crippen molar-refractivity contribution in [1.29, 1.82) is 0 Å². The van der Waals surface area contributed by atoms with Crippen LogP contribution < -0.4 is 11.1 Å². The molecule has 0 saturated carbocycles. The summed E-state index contributed by atoms with van der Waals surface area (Å²) in [5.41, 5.74) is 4.54. The summed E-state index contributed by atoms with van der Waals surface area (Å²) >= 11 is 0. The molecule has 1 aliphatic rings. The highest BCUT2D eigenvalue weighted by atomic mass is 16.2. The smallest absolute Gasteiger partial charge is 0.243 e. The topological polar surface area (TPSA) is 72.2 Å². The predicted molar refractivity (Wildman–Crippen MR) is 67.1 cm³/mol. The maximum atomic E-state index is 12.1. The summed E-state index contributed by atoms with van der Waals surface area (Å²) < 4.78 is 0. The summed E-state index contributed by atoms with van der Waals surface area (Å²) in [6.07, 6.45) is 6.02. The number of primary amides is 1. The number of hydrogen-bond donors (Lipinski definition) is 2. The van der Waals surface area contributed by atoms with Gasteiger partial charge in [-0.1, -0.05) is 32.9 Å². The molecule has 0 fully saturated rings. The lowest BCUT2D eigenvalue weighted by Crippen LogP contribution is -2.61. The number of carbonyl (C=O) groups excluding carboxylic acids is 2. The molecule has 1 rings (SSSR count). The third kappa shape index (κ3) is 2.68. The van der Waals surface area contributed by atoms with Crippen LogP contribution in [0.1, 0.15) is 40.0 Å². The standard InChI is InChI=1S/C13H22N2O2/c1-4-13(9(2)3,12(14)17)15-11(16)10-7-5-6-8-10/h5-6,9-10H,4,7-8H2,1-3H3,(H2,14,17)(H,15,16)/t13-/m0/s1. The second-order valence-electron chi connectivity index (χ2n) is 4.97. The first kappa shape index (κ1) is 13.7. The van der Waals surface area contributed by atoms with Crippen molar-refractivity contribution in [2.75, 3.05) is 0 Å². The van der Waals surface area contributed by atoms with Crippen molar-refractivity contribution >= 4 is 11.8 Å². The van der Waals surface area contributed by atoms with E-state index in [1.54, 1.807) is 0 Å². The molecule has 0 aliphatic heterocycles. The molecule has 0 unspecified atom stereocenters. The maximum absolute atomic E-state index is 12.1. The van der Waals surface area contributed by atoms with Gasteiger partial charge < -0.3 is 11.1 Å². The lowest BCUT2D eigenvalue weighted by molar-refractivity contribution is -0.135. The van der Waals surface area contributed by atoms with Gasteiger partial charge in [-0.3, -0.25) is 9.59 Å². The van der Waals surface area contributed by atoms with Gasteiger partial charge in [0.05, 0.1) is 0 Å². The van der Waals surface area contributed by atoms with Crippen LogP contribution in [0.4, 0.5) is 0 Å². The minimum atomic E-state index is -0.917. The van der Waals surface area contributed by atoms with Crippen molar-refractivity contribution in [2.45, 2.75) is 45.6 Å². The summed E-state index contributed by atoms with van der Waals surface area (Å²) in [6, 6.07) is 0. The van der Waals surface area contributed by atoms with Crippen LogP contribution in [0.3, 0.4) is 0 Å². The Morgan fingerprint density at radius 2 is 1.94 bits per heavy atom. The van der Waals surface area contributed by atoms with Gasteiger partial charge >= 0.3 is 0 Å². The average molecular weight is 238 g/mol. The summed E-state index contributed by atoms with van der Waals surface area (Å²) in [5.74, 6) is -0.569.